The Hall–Kier alpha value is -3.29. The fourth-order valence-corrected chi connectivity index (χ4v) is 6.28. The van der Waals surface area contributed by atoms with Crippen molar-refractivity contribution in [1.82, 2.24) is 10.2 Å². The van der Waals surface area contributed by atoms with Crippen molar-refractivity contribution in [2.45, 2.75) is 82.0 Å². The second-order valence-corrected chi connectivity index (χ2v) is 11.4. The van der Waals surface area contributed by atoms with Crippen LogP contribution in [-0.2, 0) is 15.0 Å². The summed E-state index contributed by atoms with van der Waals surface area (Å²) in [6.45, 7) is 2.58. The van der Waals surface area contributed by atoms with Gasteiger partial charge in [-0.3, -0.25) is 5.32 Å². The molecular formula is C32H36F2N2O3. The van der Waals surface area contributed by atoms with Crippen molar-refractivity contribution in [3.63, 3.8) is 0 Å². The van der Waals surface area contributed by atoms with Crippen LogP contribution in [0.1, 0.15) is 56.7 Å². The molecule has 7 heteroatoms. The van der Waals surface area contributed by atoms with Crippen molar-refractivity contribution in [3.05, 3.63) is 108 Å². The molecule has 3 aromatic carbocycles. The molecule has 5 nitrogen and oxygen atoms in total. The van der Waals surface area contributed by atoms with Gasteiger partial charge in [0.2, 0.25) is 0 Å². The molecule has 3 aromatic rings. The van der Waals surface area contributed by atoms with Crippen LogP contribution in [0.5, 0.6) is 0 Å². The molecule has 1 N–H and O–H groups in total. The van der Waals surface area contributed by atoms with Gasteiger partial charge in [0.25, 0.3) is 0 Å². The summed E-state index contributed by atoms with van der Waals surface area (Å²) in [6.07, 6.45) is 0.463. The molecule has 4 atom stereocenters. The van der Waals surface area contributed by atoms with Crippen LogP contribution in [0, 0.1) is 0 Å². The van der Waals surface area contributed by atoms with Gasteiger partial charge in [0.15, 0.2) is 0 Å². The maximum Gasteiger partial charge on any atom is 0.410 e. The van der Waals surface area contributed by atoms with E-state index in [1.165, 1.54) is 0 Å². The zero-order valence-corrected chi connectivity index (χ0v) is 22.6. The second kappa shape index (κ2) is 11.1. The topological polar surface area (TPSA) is 50.8 Å². The number of carbonyl (C=O) groups is 1. The van der Waals surface area contributed by atoms with Crippen LogP contribution in [0.3, 0.4) is 0 Å². The fraction of sp³-hybridized carbons (Fsp3) is 0.406. The first-order chi connectivity index (χ1) is 18.7. The summed E-state index contributed by atoms with van der Waals surface area (Å²) in [6, 6.07) is 28.8. The predicted molar refractivity (Wildman–Crippen MR) is 147 cm³/mol. The van der Waals surface area contributed by atoms with Crippen molar-refractivity contribution in [2.24, 2.45) is 0 Å². The average molecular weight is 535 g/mol. The number of benzene rings is 3. The Morgan fingerprint density at radius 3 is 1.77 bits per heavy atom. The zero-order chi connectivity index (χ0) is 27.6. The predicted octanol–water partition coefficient (Wildman–Crippen LogP) is 6.72. The molecule has 2 fully saturated rings. The van der Waals surface area contributed by atoms with Crippen LogP contribution in [0.15, 0.2) is 91.0 Å². The number of nitrogens with zero attached hydrogens (tertiary/aromatic N) is 1. The van der Waals surface area contributed by atoms with E-state index >= 15 is 0 Å². The number of amides is 1. The minimum absolute atomic E-state index is 0.216. The number of hydrogen-bond acceptors (Lipinski definition) is 4. The van der Waals surface area contributed by atoms with Gasteiger partial charge in [-0.05, 0) is 56.7 Å². The van der Waals surface area contributed by atoms with Crippen LogP contribution in [0.4, 0.5) is 13.6 Å². The van der Waals surface area contributed by atoms with E-state index in [1.54, 1.807) is 4.90 Å². The van der Waals surface area contributed by atoms with Gasteiger partial charge in [0.1, 0.15) is 5.60 Å². The third-order valence-corrected chi connectivity index (χ3v) is 7.75. The van der Waals surface area contributed by atoms with Crippen LogP contribution in [0.2, 0.25) is 0 Å². The molecule has 39 heavy (non-hydrogen) atoms. The number of nitrogens with one attached hydrogen (secondary N) is 1. The number of alkyl halides is 2. The Labute approximate surface area is 229 Å². The molecule has 1 amide bonds. The smallest absolute Gasteiger partial charge is 0.410 e. The quantitative estimate of drug-likeness (QED) is 0.342. The standard InChI is InChI=1S/C32H36F2N2O3/c1-31(2,3)39-30(37)36-25-19-20-26(36)28(27(21-25)38-29(33)34)35-32(22-13-7-4-8-14-22,23-15-9-5-10-16-23)24-17-11-6-12-18-24/h4-18,25-29,35H,19-21H2,1-3H3. The van der Waals surface area contributed by atoms with Gasteiger partial charge in [0.05, 0.1) is 23.7 Å². The Bertz CT molecular complexity index is 1140. The molecule has 0 radical (unpaired) electrons. The van der Waals surface area contributed by atoms with Crippen LogP contribution in [0.25, 0.3) is 0 Å². The fourth-order valence-electron chi connectivity index (χ4n) is 6.28. The summed E-state index contributed by atoms with van der Waals surface area (Å²) >= 11 is 0. The highest BCUT2D eigenvalue weighted by Gasteiger charge is 2.54. The monoisotopic (exact) mass is 534 g/mol. The highest BCUT2D eigenvalue weighted by atomic mass is 19.3. The van der Waals surface area contributed by atoms with E-state index in [0.29, 0.717) is 19.3 Å². The van der Waals surface area contributed by atoms with E-state index < -0.39 is 36.0 Å². The normalized spacial score (nSPS) is 23.2. The first-order valence-corrected chi connectivity index (χ1v) is 13.6. The molecule has 5 rings (SSSR count). The average Bonchev–Trinajstić information content (AvgIpc) is 3.25. The van der Waals surface area contributed by atoms with Crippen molar-refractivity contribution in [1.29, 1.82) is 0 Å². The molecule has 2 saturated heterocycles. The number of hydrogen-bond donors (Lipinski definition) is 1. The van der Waals surface area contributed by atoms with E-state index in [9.17, 15) is 13.6 Å². The van der Waals surface area contributed by atoms with Gasteiger partial charge in [-0.2, -0.15) is 8.78 Å². The molecule has 0 aromatic heterocycles. The molecular weight excluding hydrogens is 498 g/mol. The Balaban J connectivity index is 1.65. The zero-order valence-electron chi connectivity index (χ0n) is 22.6. The number of piperidine rings is 1. The third kappa shape index (κ3) is 5.56. The minimum atomic E-state index is -2.92. The molecule has 0 saturated carbocycles. The SMILES string of the molecule is CC(C)(C)OC(=O)N1C2CCC1C(NC(c1ccccc1)(c1ccccc1)c1ccccc1)C(OC(F)F)C2. The first kappa shape index (κ1) is 27.3. The minimum Gasteiger partial charge on any atom is -0.444 e. The summed E-state index contributed by atoms with van der Waals surface area (Å²) in [4.78, 5) is 15.2. The second-order valence-electron chi connectivity index (χ2n) is 11.4. The number of fused-ring (bicyclic) bond motifs is 2. The summed E-state index contributed by atoms with van der Waals surface area (Å²) in [5, 5.41) is 3.84. The molecule has 206 valence electrons. The highest BCUT2D eigenvalue weighted by Crippen LogP contribution is 2.43. The Morgan fingerprint density at radius 1 is 0.846 bits per heavy atom. The van der Waals surface area contributed by atoms with E-state index in [1.807, 2.05) is 112 Å². The van der Waals surface area contributed by atoms with Gasteiger partial charge in [-0.15, -0.1) is 0 Å². The van der Waals surface area contributed by atoms with Crippen molar-refractivity contribution < 1.29 is 23.0 Å². The molecule has 2 aliphatic heterocycles. The largest absolute Gasteiger partial charge is 0.444 e. The van der Waals surface area contributed by atoms with Gasteiger partial charge in [0, 0.05) is 6.04 Å². The lowest BCUT2D eigenvalue weighted by Gasteiger charge is -2.49. The number of ether oxygens (including phenoxy) is 2. The number of carbonyl (C=O) groups excluding carboxylic acids is 1. The summed E-state index contributed by atoms with van der Waals surface area (Å²) in [5.74, 6) is 0. The van der Waals surface area contributed by atoms with Crippen molar-refractivity contribution >= 4 is 6.09 Å². The molecule has 4 unspecified atom stereocenters. The summed E-state index contributed by atoms with van der Waals surface area (Å²) in [5.41, 5.74) is 1.32. The molecule has 2 heterocycles. The molecule has 0 spiro atoms. The van der Waals surface area contributed by atoms with E-state index in [0.717, 1.165) is 16.7 Å². The van der Waals surface area contributed by atoms with Crippen LogP contribution >= 0.6 is 0 Å². The van der Waals surface area contributed by atoms with Gasteiger partial charge < -0.3 is 14.4 Å². The third-order valence-electron chi connectivity index (χ3n) is 7.75. The lowest BCUT2D eigenvalue weighted by atomic mass is 9.75. The highest BCUT2D eigenvalue weighted by molar-refractivity contribution is 5.70. The van der Waals surface area contributed by atoms with Gasteiger partial charge in [-0.25, -0.2) is 4.79 Å². The Morgan fingerprint density at radius 2 is 1.33 bits per heavy atom. The molecule has 2 bridgehead atoms. The van der Waals surface area contributed by atoms with Crippen molar-refractivity contribution in [3.8, 4) is 0 Å². The molecule has 0 aliphatic carbocycles. The van der Waals surface area contributed by atoms with E-state index in [-0.39, 0.29) is 12.1 Å². The van der Waals surface area contributed by atoms with Gasteiger partial charge in [-0.1, -0.05) is 91.0 Å². The maximum atomic E-state index is 13.8. The lowest BCUT2D eigenvalue weighted by Crippen LogP contribution is -2.66. The van der Waals surface area contributed by atoms with E-state index in [4.69, 9.17) is 9.47 Å². The summed E-state index contributed by atoms with van der Waals surface area (Å²) < 4.78 is 38.7. The van der Waals surface area contributed by atoms with Crippen molar-refractivity contribution in [2.75, 3.05) is 0 Å². The van der Waals surface area contributed by atoms with Crippen LogP contribution in [-0.4, -0.2) is 47.4 Å². The first-order valence-electron chi connectivity index (χ1n) is 13.6. The van der Waals surface area contributed by atoms with Gasteiger partial charge >= 0.3 is 12.7 Å². The Kier molecular flexibility index (Phi) is 7.74. The number of halogens is 2. The maximum absolute atomic E-state index is 13.8. The summed E-state index contributed by atoms with van der Waals surface area (Å²) in [7, 11) is 0. The lowest BCUT2D eigenvalue weighted by molar-refractivity contribution is -0.187. The van der Waals surface area contributed by atoms with E-state index in [2.05, 4.69) is 5.32 Å². The molecule has 2 aliphatic rings. The van der Waals surface area contributed by atoms with Crippen LogP contribution < -0.4 is 5.32 Å². The number of rotatable bonds is 7.